The molecule has 0 aliphatic carbocycles. The molecule has 6 nitrogen and oxygen atoms in total. The first-order valence-electron chi connectivity index (χ1n) is 9.24. The predicted octanol–water partition coefficient (Wildman–Crippen LogP) is 2.83. The summed E-state index contributed by atoms with van der Waals surface area (Å²) in [6.45, 7) is 1.11. The van der Waals surface area contributed by atoms with Gasteiger partial charge in [0.25, 0.3) is 5.91 Å². The van der Waals surface area contributed by atoms with Gasteiger partial charge in [-0.1, -0.05) is 42.5 Å². The number of amides is 4. The summed E-state index contributed by atoms with van der Waals surface area (Å²) in [5, 5.41) is 5.04. The van der Waals surface area contributed by atoms with E-state index >= 15 is 0 Å². The van der Waals surface area contributed by atoms with Crippen molar-refractivity contribution in [1.29, 1.82) is 0 Å². The number of urea groups is 1. The van der Waals surface area contributed by atoms with Crippen LogP contribution in [0.15, 0.2) is 54.6 Å². The molecule has 1 unspecified atom stereocenters. The van der Waals surface area contributed by atoms with Gasteiger partial charge in [0.1, 0.15) is 12.1 Å². The minimum atomic E-state index is -4.59. The fourth-order valence-electron chi connectivity index (χ4n) is 3.23. The Labute approximate surface area is 171 Å². The van der Waals surface area contributed by atoms with Gasteiger partial charge in [0.15, 0.2) is 0 Å². The number of hydrogen-bond acceptors (Lipinski definition) is 3. The highest BCUT2D eigenvalue weighted by Crippen LogP contribution is 2.34. The molecule has 1 saturated heterocycles. The number of imide groups is 1. The zero-order chi connectivity index (χ0) is 21.9. The average molecular weight is 419 g/mol. The molecule has 1 atom stereocenters. The molecular weight excluding hydrogens is 399 g/mol. The molecule has 4 amide bonds. The van der Waals surface area contributed by atoms with E-state index in [0.29, 0.717) is 17.9 Å². The van der Waals surface area contributed by atoms with Crippen molar-refractivity contribution < 1.29 is 27.6 Å². The molecule has 30 heavy (non-hydrogen) atoms. The standard InChI is InChI=1S/C21H20F3N3O3/c1-20(15-8-5-9-16(12-15)21(22,23)24)18(29)27(19(30)26-20)13-17(28)25-11-10-14-6-3-2-4-7-14/h2-9,12H,10-11,13H2,1H3,(H,25,28)(H,26,30). The van der Waals surface area contributed by atoms with Crippen LogP contribution in [0.2, 0.25) is 0 Å². The predicted molar refractivity (Wildman–Crippen MR) is 102 cm³/mol. The van der Waals surface area contributed by atoms with Crippen molar-refractivity contribution in [2.24, 2.45) is 0 Å². The highest BCUT2D eigenvalue weighted by atomic mass is 19.4. The first kappa shape index (κ1) is 21.4. The molecule has 2 N–H and O–H groups in total. The lowest BCUT2D eigenvalue weighted by Gasteiger charge is -2.23. The lowest BCUT2D eigenvalue weighted by Crippen LogP contribution is -2.43. The van der Waals surface area contributed by atoms with Gasteiger partial charge in [-0.2, -0.15) is 13.2 Å². The second-order valence-corrected chi connectivity index (χ2v) is 7.11. The molecule has 0 aromatic heterocycles. The van der Waals surface area contributed by atoms with Crippen molar-refractivity contribution in [3.05, 3.63) is 71.3 Å². The van der Waals surface area contributed by atoms with E-state index in [1.165, 1.54) is 19.1 Å². The molecule has 0 radical (unpaired) electrons. The van der Waals surface area contributed by atoms with E-state index in [1.54, 1.807) is 0 Å². The van der Waals surface area contributed by atoms with Crippen LogP contribution in [0.25, 0.3) is 0 Å². The Morgan fingerprint density at radius 3 is 2.47 bits per heavy atom. The van der Waals surface area contributed by atoms with Crippen molar-refractivity contribution in [2.45, 2.75) is 25.1 Å². The molecule has 2 aromatic carbocycles. The molecule has 0 bridgehead atoms. The molecule has 158 valence electrons. The molecule has 1 aliphatic rings. The van der Waals surface area contributed by atoms with Crippen molar-refractivity contribution in [3.63, 3.8) is 0 Å². The van der Waals surface area contributed by atoms with E-state index in [0.717, 1.165) is 17.7 Å². The summed E-state index contributed by atoms with van der Waals surface area (Å²) in [4.78, 5) is 38.0. The van der Waals surface area contributed by atoms with E-state index in [9.17, 15) is 27.6 Å². The van der Waals surface area contributed by atoms with Crippen molar-refractivity contribution in [1.82, 2.24) is 15.5 Å². The Bertz CT molecular complexity index is 963. The minimum Gasteiger partial charge on any atom is -0.354 e. The molecule has 1 aliphatic heterocycles. The Morgan fingerprint density at radius 1 is 1.10 bits per heavy atom. The third-order valence-corrected chi connectivity index (χ3v) is 4.92. The van der Waals surface area contributed by atoms with Gasteiger partial charge < -0.3 is 10.6 Å². The SMILES string of the molecule is CC1(c2cccc(C(F)(F)F)c2)NC(=O)N(CC(=O)NCCc2ccccc2)C1=O. The summed E-state index contributed by atoms with van der Waals surface area (Å²) in [5.74, 6) is -1.33. The number of carbonyl (C=O) groups is 3. The van der Waals surface area contributed by atoms with Crippen LogP contribution in [-0.2, 0) is 27.7 Å². The maximum Gasteiger partial charge on any atom is 0.416 e. The zero-order valence-electron chi connectivity index (χ0n) is 16.1. The maximum atomic E-state index is 13.0. The molecule has 9 heteroatoms. The topological polar surface area (TPSA) is 78.5 Å². The van der Waals surface area contributed by atoms with Crippen LogP contribution in [0.1, 0.15) is 23.6 Å². The summed E-state index contributed by atoms with van der Waals surface area (Å²) >= 11 is 0. The fraction of sp³-hybridized carbons (Fsp3) is 0.286. The number of nitrogens with one attached hydrogen (secondary N) is 2. The van der Waals surface area contributed by atoms with Crippen LogP contribution in [0, 0.1) is 0 Å². The highest BCUT2D eigenvalue weighted by Gasteiger charge is 2.50. The van der Waals surface area contributed by atoms with Gasteiger partial charge in [0.05, 0.1) is 5.56 Å². The lowest BCUT2D eigenvalue weighted by atomic mass is 9.90. The number of carbonyl (C=O) groups excluding carboxylic acids is 3. The quantitative estimate of drug-likeness (QED) is 0.707. The molecule has 0 spiro atoms. The van der Waals surface area contributed by atoms with E-state index < -0.39 is 41.7 Å². The third-order valence-electron chi connectivity index (χ3n) is 4.92. The van der Waals surface area contributed by atoms with Crippen molar-refractivity contribution >= 4 is 17.8 Å². The number of alkyl halides is 3. The van der Waals surface area contributed by atoms with Crippen LogP contribution < -0.4 is 10.6 Å². The molecular formula is C21H20F3N3O3. The van der Waals surface area contributed by atoms with E-state index in [4.69, 9.17) is 0 Å². The van der Waals surface area contributed by atoms with E-state index in [-0.39, 0.29) is 5.56 Å². The molecule has 3 rings (SSSR count). The first-order valence-corrected chi connectivity index (χ1v) is 9.24. The monoisotopic (exact) mass is 419 g/mol. The number of benzene rings is 2. The van der Waals surface area contributed by atoms with Gasteiger partial charge in [0.2, 0.25) is 5.91 Å². The Balaban J connectivity index is 1.66. The lowest BCUT2D eigenvalue weighted by molar-refractivity contribution is -0.138. The van der Waals surface area contributed by atoms with E-state index in [1.807, 2.05) is 30.3 Å². The van der Waals surface area contributed by atoms with Gasteiger partial charge in [-0.05, 0) is 36.6 Å². The second-order valence-electron chi connectivity index (χ2n) is 7.11. The Kier molecular flexibility index (Phi) is 5.82. The summed E-state index contributed by atoms with van der Waals surface area (Å²) in [6, 6.07) is 12.8. The molecule has 1 fully saturated rings. The number of nitrogens with zero attached hydrogens (tertiary/aromatic N) is 1. The largest absolute Gasteiger partial charge is 0.416 e. The van der Waals surface area contributed by atoms with Crippen LogP contribution in [0.4, 0.5) is 18.0 Å². The van der Waals surface area contributed by atoms with Gasteiger partial charge in [-0.25, -0.2) is 4.79 Å². The van der Waals surface area contributed by atoms with Gasteiger partial charge in [-0.3, -0.25) is 14.5 Å². The number of hydrogen-bond donors (Lipinski definition) is 2. The summed E-state index contributed by atoms with van der Waals surface area (Å²) in [7, 11) is 0. The Morgan fingerprint density at radius 2 is 1.80 bits per heavy atom. The van der Waals surface area contributed by atoms with Crippen LogP contribution in [0.5, 0.6) is 0 Å². The fourth-order valence-corrected chi connectivity index (χ4v) is 3.23. The maximum absolute atomic E-state index is 13.0. The normalized spacial score (nSPS) is 19.0. The Hall–Kier alpha value is -3.36. The smallest absolute Gasteiger partial charge is 0.354 e. The van der Waals surface area contributed by atoms with Crippen LogP contribution in [0.3, 0.4) is 0 Å². The van der Waals surface area contributed by atoms with Crippen molar-refractivity contribution in [2.75, 3.05) is 13.1 Å². The molecule has 1 heterocycles. The van der Waals surface area contributed by atoms with Crippen LogP contribution >= 0.6 is 0 Å². The average Bonchev–Trinajstić information content (AvgIpc) is 2.92. The summed E-state index contributed by atoms with van der Waals surface area (Å²) < 4.78 is 39.0. The van der Waals surface area contributed by atoms with Crippen molar-refractivity contribution in [3.8, 4) is 0 Å². The summed E-state index contributed by atoms with van der Waals surface area (Å²) in [6.07, 6.45) is -4.01. The third kappa shape index (κ3) is 4.45. The van der Waals surface area contributed by atoms with Gasteiger partial charge in [-0.15, -0.1) is 0 Å². The first-order chi connectivity index (χ1) is 14.1. The molecule has 2 aromatic rings. The van der Waals surface area contributed by atoms with Gasteiger partial charge in [0, 0.05) is 6.54 Å². The van der Waals surface area contributed by atoms with E-state index in [2.05, 4.69) is 10.6 Å². The van der Waals surface area contributed by atoms with Gasteiger partial charge >= 0.3 is 12.2 Å². The molecule has 0 saturated carbocycles. The minimum absolute atomic E-state index is 0.0114. The zero-order valence-corrected chi connectivity index (χ0v) is 16.1. The van der Waals surface area contributed by atoms with Crippen LogP contribution in [-0.4, -0.2) is 35.8 Å². The second kappa shape index (κ2) is 8.17. The number of halogens is 3. The highest BCUT2D eigenvalue weighted by molar-refractivity contribution is 6.09. The summed E-state index contributed by atoms with van der Waals surface area (Å²) in [5.41, 5.74) is -1.61. The number of rotatable bonds is 6.